The standard InChI is InChI=1S/C15H21N3O3/c1-10-8-17-12(9-16-10)15(19)18-11-3-4-13-14(7-11)21-6-2-5-20-13/h3-4,7,10,12,16-17H,2,5-6,8-9H2,1H3,(H,18,19). The molecule has 2 aliphatic heterocycles. The summed E-state index contributed by atoms with van der Waals surface area (Å²) < 4.78 is 11.2. The molecule has 0 aliphatic carbocycles. The van der Waals surface area contributed by atoms with Crippen LogP contribution < -0.4 is 25.4 Å². The number of benzene rings is 1. The van der Waals surface area contributed by atoms with Crippen molar-refractivity contribution in [1.82, 2.24) is 10.6 Å². The van der Waals surface area contributed by atoms with Crippen LogP contribution >= 0.6 is 0 Å². The van der Waals surface area contributed by atoms with Crippen LogP contribution in [0.4, 0.5) is 5.69 Å². The van der Waals surface area contributed by atoms with E-state index in [2.05, 4.69) is 22.9 Å². The summed E-state index contributed by atoms with van der Waals surface area (Å²) in [4.78, 5) is 12.2. The molecule has 2 aliphatic rings. The Morgan fingerprint density at radius 3 is 2.76 bits per heavy atom. The number of hydrogen-bond donors (Lipinski definition) is 3. The third-order valence-corrected chi connectivity index (χ3v) is 3.67. The number of fused-ring (bicyclic) bond motifs is 1. The van der Waals surface area contributed by atoms with Crippen LogP contribution in [0.25, 0.3) is 0 Å². The van der Waals surface area contributed by atoms with Crippen molar-refractivity contribution >= 4 is 11.6 Å². The van der Waals surface area contributed by atoms with E-state index in [-0.39, 0.29) is 11.9 Å². The second-order valence-corrected chi connectivity index (χ2v) is 5.47. The first kappa shape index (κ1) is 14.2. The van der Waals surface area contributed by atoms with Gasteiger partial charge >= 0.3 is 0 Å². The summed E-state index contributed by atoms with van der Waals surface area (Å²) in [5.74, 6) is 1.38. The quantitative estimate of drug-likeness (QED) is 0.749. The second kappa shape index (κ2) is 6.32. The molecular formula is C15H21N3O3. The third kappa shape index (κ3) is 3.46. The highest BCUT2D eigenvalue weighted by molar-refractivity contribution is 5.95. The number of rotatable bonds is 2. The lowest BCUT2D eigenvalue weighted by atomic mass is 10.1. The van der Waals surface area contributed by atoms with Crippen molar-refractivity contribution in [2.24, 2.45) is 0 Å². The van der Waals surface area contributed by atoms with Gasteiger partial charge in [0.2, 0.25) is 5.91 Å². The molecule has 6 heteroatoms. The predicted octanol–water partition coefficient (Wildman–Crippen LogP) is 0.736. The van der Waals surface area contributed by atoms with E-state index >= 15 is 0 Å². The van der Waals surface area contributed by atoms with Gasteiger partial charge in [-0.15, -0.1) is 0 Å². The maximum absolute atomic E-state index is 12.2. The van der Waals surface area contributed by atoms with Gasteiger partial charge in [-0.3, -0.25) is 4.79 Å². The molecule has 21 heavy (non-hydrogen) atoms. The van der Waals surface area contributed by atoms with E-state index in [4.69, 9.17) is 9.47 Å². The zero-order valence-corrected chi connectivity index (χ0v) is 12.1. The van der Waals surface area contributed by atoms with E-state index in [9.17, 15) is 4.79 Å². The minimum absolute atomic E-state index is 0.0381. The highest BCUT2D eigenvalue weighted by Crippen LogP contribution is 2.32. The lowest BCUT2D eigenvalue weighted by molar-refractivity contribution is -0.118. The monoisotopic (exact) mass is 291 g/mol. The van der Waals surface area contributed by atoms with Crippen LogP contribution in [0.1, 0.15) is 13.3 Å². The van der Waals surface area contributed by atoms with Gasteiger partial charge in [-0.2, -0.15) is 0 Å². The Hall–Kier alpha value is -1.79. The van der Waals surface area contributed by atoms with Gasteiger partial charge in [-0.05, 0) is 19.1 Å². The summed E-state index contributed by atoms with van der Waals surface area (Å²) >= 11 is 0. The van der Waals surface area contributed by atoms with Crippen LogP contribution in [-0.2, 0) is 4.79 Å². The normalized spacial score (nSPS) is 25.0. The van der Waals surface area contributed by atoms with Crippen LogP contribution in [-0.4, -0.2) is 44.3 Å². The summed E-state index contributed by atoms with van der Waals surface area (Å²) in [7, 11) is 0. The maximum Gasteiger partial charge on any atom is 0.242 e. The van der Waals surface area contributed by atoms with Gasteiger partial charge in [0.15, 0.2) is 11.5 Å². The van der Waals surface area contributed by atoms with Crippen molar-refractivity contribution in [3.05, 3.63) is 18.2 Å². The van der Waals surface area contributed by atoms with E-state index in [0.29, 0.717) is 31.5 Å². The number of carbonyl (C=O) groups is 1. The fourth-order valence-corrected chi connectivity index (χ4v) is 2.44. The van der Waals surface area contributed by atoms with Crippen LogP contribution in [0.15, 0.2) is 18.2 Å². The third-order valence-electron chi connectivity index (χ3n) is 3.67. The highest BCUT2D eigenvalue weighted by Gasteiger charge is 2.23. The fraction of sp³-hybridized carbons (Fsp3) is 0.533. The minimum atomic E-state index is -0.211. The highest BCUT2D eigenvalue weighted by atomic mass is 16.5. The van der Waals surface area contributed by atoms with Crippen LogP contribution in [0.5, 0.6) is 11.5 Å². The Morgan fingerprint density at radius 1 is 1.19 bits per heavy atom. The molecule has 1 aromatic carbocycles. The minimum Gasteiger partial charge on any atom is -0.490 e. The van der Waals surface area contributed by atoms with E-state index in [1.807, 2.05) is 18.2 Å². The molecule has 1 amide bonds. The summed E-state index contributed by atoms with van der Waals surface area (Å²) in [6, 6.07) is 5.68. The van der Waals surface area contributed by atoms with Crippen molar-refractivity contribution in [3.63, 3.8) is 0 Å². The van der Waals surface area contributed by atoms with Gasteiger partial charge in [0.25, 0.3) is 0 Å². The Kier molecular flexibility index (Phi) is 4.26. The molecule has 1 saturated heterocycles. The first-order chi connectivity index (χ1) is 10.2. The number of ether oxygens (including phenoxy) is 2. The van der Waals surface area contributed by atoms with Gasteiger partial charge in [-0.25, -0.2) is 0 Å². The summed E-state index contributed by atoms with van der Waals surface area (Å²) in [6.07, 6.45) is 0.867. The van der Waals surface area contributed by atoms with Gasteiger partial charge in [0, 0.05) is 37.3 Å². The van der Waals surface area contributed by atoms with Crippen LogP contribution in [0, 0.1) is 0 Å². The molecule has 2 heterocycles. The molecule has 3 rings (SSSR count). The van der Waals surface area contributed by atoms with Gasteiger partial charge in [0.05, 0.1) is 19.3 Å². The van der Waals surface area contributed by atoms with Crippen LogP contribution in [0.3, 0.4) is 0 Å². The average Bonchev–Trinajstić information content (AvgIpc) is 2.72. The molecule has 6 nitrogen and oxygen atoms in total. The maximum atomic E-state index is 12.2. The Bertz CT molecular complexity index is 513. The first-order valence-corrected chi connectivity index (χ1v) is 7.39. The molecule has 0 aromatic heterocycles. The molecule has 0 radical (unpaired) electrons. The van der Waals surface area contributed by atoms with Crippen molar-refractivity contribution in [2.75, 3.05) is 31.6 Å². The SMILES string of the molecule is CC1CNC(C(=O)Nc2ccc3c(c2)OCCCO3)CN1. The molecule has 1 aromatic rings. The molecule has 0 saturated carbocycles. The zero-order chi connectivity index (χ0) is 14.7. The summed E-state index contributed by atoms with van der Waals surface area (Å²) in [5.41, 5.74) is 0.727. The largest absolute Gasteiger partial charge is 0.490 e. The van der Waals surface area contributed by atoms with Crippen molar-refractivity contribution in [3.8, 4) is 11.5 Å². The molecule has 2 unspecified atom stereocenters. The lowest BCUT2D eigenvalue weighted by Gasteiger charge is -2.28. The lowest BCUT2D eigenvalue weighted by Crippen LogP contribution is -2.57. The van der Waals surface area contributed by atoms with Gasteiger partial charge < -0.3 is 25.4 Å². The first-order valence-electron chi connectivity index (χ1n) is 7.39. The van der Waals surface area contributed by atoms with E-state index in [0.717, 1.165) is 24.4 Å². The predicted molar refractivity (Wildman–Crippen MR) is 79.9 cm³/mol. The second-order valence-electron chi connectivity index (χ2n) is 5.47. The van der Waals surface area contributed by atoms with E-state index in [1.54, 1.807) is 0 Å². The summed E-state index contributed by atoms with van der Waals surface area (Å²) in [6.45, 7) is 4.81. The van der Waals surface area contributed by atoms with E-state index < -0.39 is 0 Å². The van der Waals surface area contributed by atoms with E-state index in [1.165, 1.54) is 0 Å². The molecular weight excluding hydrogens is 270 g/mol. The molecule has 114 valence electrons. The number of piperazine rings is 1. The number of amides is 1. The molecule has 0 bridgehead atoms. The number of anilines is 1. The summed E-state index contributed by atoms with van der Waals surface area (Å²) in [5, 5.41) is 9.44. The molecule has 3 N–H and O–H groups in total. The van der Waals surface area contributed by atoms with Gasteiger partial charge in [0.1, 0.15) is 0 Å². The van der Waals surface area contributed by atoms with Crippen LogP contribution in [0.2, 0.25) is 0 Å². The Balaban J connectivity index is 1.64. The smallest absolute Gasteiger partial charge is 0.242 e. The number of carbonyl (C=O) groups excluding carboxylic acids is 1. The average molecular weight is 291 g/mol. The number of nitrogens with one attached hydrogen (secondary N) is 3. The number of hydrogen-bond acceptors (Lipinski definition) is 5. The molecule has 0 spiro atoms. The van der Waals surface area contributed by atoms with Crippen molar-refractivity contribution in [1.29, 1.82) is 0 Å². The van der Waals surface area contributed by atoms with Crippen molar-refractivity contribution < 1.29 is 14.3 Å². The zero-order valence-electron chi connectivity index (χ0n) is 12.1. The molecule has 2 atom stereocenters. The Labute approximate surface area is 124 Å². The Morgan fingerprint density at radius 2 is 2.00 bits per heavy atom. The topological polar surface area (TPSA) is 71.6 Å². The van der Waals surface area contributed by atoms with Crippen molar-refractivity contribution in [2.45, 2.75) is 25.4 Å². The molecule has 1 fully saturated rings. The van der Waals surface area contributed by atoms with Gasteiger partial charge in [-0.1, -0.05) is 0 Å². The fourth-order valence-electron chi connectivity index (χ4n) is 2.44.